The minimum absolute atomic E-state index is 0.564. The summed E-state index contributed by atoms with van der Waals surface area (Å²) < 4.78 is 0. The van der Waals surface area contributed by atoms with Crippen LogP contribution in [-0.2, 0) is 9.94 Å². The van der Waals surface area contributed by atoms with E-state index in [0.717, 1.165) is 13.1 Å². The largest absolute Gasteiger partial charge is 0.264 e. The van der Waals surface area contributed by atoms with Gasteiger partial charge in [-0.3, -0.25) is 4.84 Å². The molecule has 1 heterocycles. The molecule has 1 unspecified atom stereocenters. The highest BCUT2D eigenvalue weighted by Crippen LogP contribution is 2.52. The van der Waals surface area contributed by atoms with E-state index in [1.807, 2.05) is 5.06 Å². The normalized spacial score (nSPS) is 31.1. The summed E-state index contributed by atoms with van der Waals surface area (Å²) in [5, 5.41) is 12.5. The van der Waals surface area contributed by atoms with Crippen LogP contribution in [0, 0.1) is 5.41 Å². The number of rotatable bonds is 2. The van der Waals surface area contributed by atoms with Crippen LogP contribution < -0.4 is 0 Å². The van der Waals surface area contributed by atoms with Gasteiger partial charge in [0.2, 0.25) is 6.29 Å². The second-order valence-electron chi connectivity index (χ2n) is 3.79. The molecule has 1 spiro atoms. The van der Waals surface area contributed by atoms with Gasteiger partial charge >= 0.3 is 0 Å². The molecule has 11 heavy (non-hydrogen) atoms. The highest BCUT2D eigenvalue weighted by molar-refractivity contribution is 4.98. The fraction of sp³-hybridized carbons (Fsp3) is 1.00. The molecular weight excluding hydrogens is 142 g/mol. The predicted octanol–water partition coefficient (Wildman–Crippen LogP) is 1.18. The Bertz CT molecular complexity index is 154. The van der Waals surface area contributed by atoms with Crippen LogP contribution in [0.1, 0.15) is 26.2 Å². The fourth-order valence-electron chi connectivity index (χ4n) is 1.78. The van der Waals surface area contributed by atoms with Crippen molar-refractivity contribution < 1.29 is 9.94 Å². The van der Waals surface area contributed by atoms with Gasteiger partial charge in [-0.25, -0.2) is 5.11 Å². The second-order valence-corrected chi connectivity index (χ2v) is 3.79. The summed E-state index contributed by atoms with van der Waals surface area (Å²) in [6.07, 6.45) is 2.99. The molecule has 0 aromatic heterocycles. The summed E-state index contributed by atoms with van der Waals surface area (Å²) >= 11 is 0. The lowest BCUT2D eigenvalue weighted by Crippen LogP contribution is -2.25. The van der Waals surface area contributed by atoms with Gasteiger partial charge in [0.1, 0.15) is 0 Å². The van der Waals surface area contributed by atoms with Crippen LogP contribution in [-0.4, -0.2) is 24.4 Å². The number of hydroxylamine groups is 2. The Hall–Kier alpha value is -0.120. The molecule has 3 nitrogen and oxygen atoms in total. The van der Waals surface area contributed by atoms with Gasteiger partial charge < -0.3 is 0 Å². The molecule has 0 N–H and O–H groups in total. The average molecular weight is 156 g/mol. The molecule has 2 fully saturated rings. The fourth-order valence-corrected chi connectivity index (χ4v) is 1.78. The molecule has 1 atom stereocenters. The van der Waals surface area contributed by atoms with E-state index in [2.05, 4.69) is 0 Å². The van der Waals surface area contributed by atoms with Crippen molar-refractivity contribution in [3.63, 3.8) is 0 Å². The molecular formula is C8H14NO2. The van der Waals surface area contributed by atoms with Crippen LogP contribution in [0.15, 0.2) is 0 Å². The molecule has 1 aliphatic carbocycles. The quantitative estimate of drug-likeness (QED) is 0.562. The Morgan fingerprint density at radius 3 is 2.64 bits per heavy atom. The lowest BCUT2D eigenvalue weighted by atomic mass is 10.1. The molecule has 1 saturated heterocycles. The maximum atomic E-state index is 10.7. The van der Waals surface area contributed by atoms with Crippen LogP contribution in [0.2, 0.25) is 0 Å². The monoisotopic (exact) mass is 156 g/mol. The summed E-state index contributed by atoms with van der Waals surface area (Å²) in [5.41, 5.74) is 0.564. The Balaban J connectivity index is 1.80. The summed E-state index contributed by atoms with van der Waals surface area (Å²) in [6.45, 7) is 3.48. The highest BCUT2D eigenvalue weighted by atomic mass is 16.8. The van der Waals surface area contributed by atoms with Gasteiger partial charge in [0, 0.05) is 13.1 Å². The third-order valence-corrected chi connectivity index (χ3v) is 2.66. The zero-order valence-electron chi connectivity index (χ0n) is 6.88. The zero-order chi connectivity index (χ0) is 7.90. The summed E-state index contributed by atoms with van der Waals surface area (Å²) in [5.74, 6) is 0. The Morgan fingerprint density at radius 1 is 1.45 bits per heavy atom. The summed E-state index contributed by atoms with van der Waals surface area (Å²) in [4.78, 5) is 5.06. The Kier molecular flexibility index (Phi) is 1.67. The lowest BCUT2D eigenvalue weighted by Gasteiger charge is -2.16. The smallest absolute Gasteiger partial charge is 0.208 e. The molecule has 63 valence electrons. The van der Waals surface area contributed by atoms with Crippen molar-refractivity contribution >= 4 is 0 Å². The lowest BCUT2D eigenvalue weighted by molar-refractivity contribution is -0.268. The third-order valence-electron chi connectivity index (χ3n) is 2.66. The Labute approximate surface area is 66.9 Å². The van der Waals surface area contributed by atoms with Crippen LogP contribution in [0.4, 0.5) is 0 Å². The predicted molar refractivity (Wildman–Crippen MR) is 39.1 cm³/mol. The molecule has 2 aliphatic rings. The molecule has 0 aromatic rings. The van der Waals surface area contributed by atoms with Gasteiger partial charge in [0.15, 0.2) is 0 Å². The van der Waals surface area contributed by atoms with Gasteiger partial charge in [-0.1, -0.05) is 0 Å². The molecule has 0 aromatic carbocycles. The molecule has 1 radical (unpaired) electrons. The van der Waals surface area contributed by atoms with E-state index < -0.39 is 6.29 Å². The molecule has 1 saturated carbocycles. The number of nitrogens with zero attached hydrogens (tertiary/aromatic N) is 1. The number of hydrogen-bond acceptors (Lipinski definition) is 2. The van der Waals surface area contributed by atoms with Crippen molar-refractivity contribution in [3.05, 3.63) is 0 Å². The van der Waals surface area contributed by atoms with E-state index in [1.165, 1.54) is 26.2 Å². The maximum Gasteiger partial charge on any atom is 0.208 e. The number of hydrogen-bond donors (Lipinski definition) is 0. The third kappa shape index (κ3) is 1.55. The SMILES string of the molecule is CC([O])ON1CCC2(CC2)C1. The van der Waals surface area contributed by atoms with Crippen LogP contribution in [0.25, 0.3) is 0 Å². The first-order valence-corrected chi connectivity index (χ1v) is 4.28. The van der Waals surface area contributed by atoms with E-state index in [4.69, 9.17) is 4.84 Å². The van der Waals surface area contributed by atoms with Crippen LogP contribution >= 0.6 is 0 Å². The summed E-state index contributed by atoms with van der Waals surface area (Å²) in [7, 11) is 0. The summed E-state index contributed by atoms with van der Waals surface area (Å²) in [6, 6.07) is 0. The van der Waals surface area contributed by atoms with E-state index in [0.29, 0.717) is 5.41 Å². The van der Waals surface area contributed by atoms with Crippen molar-refractivity contribution in [1.29, 1.82) is 0 Å². The molecule has 0 bridgehead atoms. The van der Waals surface area contributed by atoms with Crippen molar-refractivity contribution in [2.45, 2.75) is 32.5 Å². The van der Waals surface area contributed by atoms with E-state index in [9.17, 15) is 5.11 Å². The van der Waals surface area contributed by atoms with Gasteiger partial charge in [-0.2, -0.15) is 5.06 Å². The molecule has 2 rings (SSSR count). The van der Waals surface area contributed by atoms with Gasteiger partial charge in [-0.15, -0.1) is 0 Å². The minimum atomic E-state index is -0.899. The molecule has 0 amide bonds. The van der Waals surface area contributed by atoms with Crippen LogP contribution in [0.5, 0.6) is 0 Å². The van der Waals surface area contributed by atoms with E-state index in [1.54, 1.807) is 0 Å². The van der Waals surface area contributed by atoms with Crippen molar-refractivity contribution in [3.8, 4) is 0 Å². The van der Waals surface area contributed by atoms with Crippen molar-refractivity contribution in [2.75, 3.05) is 13.1 Å². The van der Waals surface area contributed by atoms with E-state index in [-0.39, 0.29) is 0 Å². The molecule has 3 heteroatoms. The average Bonchev–Trinajstić information content (AvgIpc) is 2.51. The second kappa shape index (κ2) is 2.44. The van der Waals surface area contributed by atoms with Gasteiger partial charge in [0.25, 0.3) is 0 Å². The first-order chi connectivity index (χ1) is 5.20. The first kappa shape index (κ1) is 7.53. The minimum Gasteiger partial charge on any atom is -0.264 e. The maximum absolute atomic E-state index is 10.7. The molecule has 1 aliphatic heterocycles. The first-order valence-electron chi connectivity index (χ1n) is 4.28. The van der Waals surface area contributed by atoms with Crippen LogP contribution in [0.3, 0.4) is 0 Å². The van der Waals surface area contributed by atoms with E-state index >= 15 is 0 Å². The topological polar surface area (TPSA) is 32.4 Å². The highest BCUT2D eigenvalue weighted by Gasteiger charge is 2.48. The van der Waals surface area contributed by atoms with Gasteiger partial charge in [0.05, 0.1) is 0 Å². The van der Waals surface area contributed by atoms with Gasteiger partial charge in [-0.05, 0) is 31.6 Å². The zero-order valence-corrected chi connectivity index (χ0v) is 6.88. The standard InChI is InChI=1S/C8H14NO2/c1-7(10)11-9-5-4-8(6-9)2-3-8/h7H,2-6H2,1H3. The van der Waals surface area contributed by atoms with Crippen molar-refractivity contribution in [1.82, 2.24) is 5.06 Å². The Morgan fingerprint density at radius 2 is 2.18 bits per heavy atom. The van der Waals surface area contributed by atoms with Crippen molar-refractivity contribution in [2.24, 2.45) is 5.41 Å².